The van der Waals surface area contributed by atoms with Crippen molar-refractivity contribution in [1.82, 2.24) is 0 Å². The largest absolute Gasteiger partial charge is 0.389 e. The molecule has 4 nitrogen and oxygen atoms in total. The molecule has 1 heterocycles. The van der Waals surface area contributed by atoms with Gasteiger partial charge >= 0.3 is 0 Å². The predicted octanol–water partition coefficient (Wildman–Crippen LogP) is 3.15. The molecule has 1 atom stereocenters. The van der Waals surface area contributed by atoms with Crippen LogP contribution in [0, 0.1) is 0 Å². The van der Waals surface area contributed by atoms with Crippen LogP contribution >= 0.6 is 0 Å². The molecule has 1 aliphatic rings. The smallest absolute Gasteiger partial charge is 0.257 e. The SMILES string of the molecule is CC(O)c1cccc(NC=C2C(=O)Nc3ccccc32)c1. The van der Waals surface area contributed by atoms with Crippen LogP contribution in [0.5, 0.6) is 0 Å². The molecule has 3 rings (SSSR count). The van der Waals surface area contributed by atoms with Crippen molar-refractivity contribution in [2.24, 2.45) is 0 Å². The fraction of sp³-hybridized carbons (Fsp3) is 0.118. The summed E-state index contributed by atoms with van der Waals surface area (Å²) < 4.78 is 0. The molecule has 1 aliphatic heterocycles. The number of nitrogens with one attached hydrogen (secondary N) is 2. The van der Waals surface area contributed by atoms with E-state index < -0.39 is 6.10 Å². The topological polar surface area (TPSA) is 61.4 Å². The summed E-state index contributed by atoms with van der Waals surface area (Å²) in [6.07, 6.45) is 1.18. The third-order valence-electron chi connectivity index (χ3n) is 3.46. The molecule has 0 saturated heterocycles. The molecule has 3 N–H and O–H groups in total. The molecule has 4 heteroatoms. The van der Waals surface area contributed by atoms with Crippen molar-refractivity contribution in [3.05, 3.63) is 65.9 Å². The second kappa shape index (κ2) is 5.42. The van der Waals surface area contributed by atoms with Crippen molar-refractivity contribution >= 4 is 22.9 Å². The summed E-state index contributed by atoms with van der Waals surface area (Å²) in [5.41, 5.74) is 3.98. The Morgan fingerprint density at radius 3 is 2.81 bits per heavy atom. The zero-order chi connectivity index (χ0) is 14.8. The molecular formula is C17H16N2O2. The molecule has 0 spiro atoms. The van der Waals surface area contributed by atoms with Crippen molar-refractivity contribution in [3.63, 3.8) is 0 Å². The highest BCUT2D eigenvalue weighted by Gasteiger charge is 2.23. The third kappa shape index (κ3) is 2.66. The van der Waals surface area contributed by atoms with E-state index in [1.807, 2.05) is 48.5 Å². The summed E-state index contributed by atoms with van der Waals surface area (Å²) in [5.74, 6) is -0.115. The van der Waals surface area contributed by atoms with Crippen molar-refractivity contribution in [2.75, 3.05) is 10.6 Å². The Morgan fingerprint density at radius 1 is 1.19 bits per heavy atom. The summed E-state index contributed by atoms with van der Waals surface area (Å²) in [6.45, 7) is 1.72. The van der Waals surface area contributed by atoms with Gasteiger partial charge < -0.3 is 15.7 Å². The van der Waals surface area contributed by atoms with E-state index in [2.05, 4.69) is 10.6 Å². The highest BCUT2D eigenvalue weighted by Crippen LogP contribution is 2.31. The summed E-state index contributed by atoms with van der Waals surface area (Å²) in [6, 6.07) is 15.1. The number of hydrogen-bond donors (Lipinski definition) is 3. The molecule has 1 amide bonds. The van der Waals surface area contributed by atoms with E-state index in [-0.39, 0.29) is 5.91 Å². The summed E-state index contributed by atoms with van der Waals surface area (Å²) in [7, 11) is 0. The highest BCUT2D eigenvalue weighted by molar-refractivity contribution is 6.31. The number of carbonyl (C=O) groups is 1. The van der Waals surface area contributed by atoms with Crippen LogP contribution < -0.4 is 10.6 Å². The number of carbonyl (C=O) groups excluding carboxylic acids is 1. The van der Waals surface area contributed by atoms with E-state index >= 15 is 0 Å². The molecule has 106 valence electrons. The van der Waals surface area contributed by atoms with Crippen molar-refractivity contribution in [1.29, 1.82) is 0 Å². The van der Waals surface area contributed by atoms with Crippen LogP contribution in [0.2, 0.25) is 0 Å². The molecule has 2 aromatic carbocycles. The summed E-state index contributed by atoms with van der Waals surface area (Å²) in [5, 5.41) is 15.5. The normalized spacial score (nSPS) is 16.5. The van der Waals surface area contributed by atoms with Crippen LogP contribution in [0.1, 0.15) is 24.2 Å². The van der Waals surface area contributed by atoms with Gasteiger partial charge in [0.2, 0.25) is 0 Å². The van der Waals surface area contributed by atoms with Gasteiger partial charge in [-0.25, -0.2) is 0 Å². The Kier molecular flexibility index (Phi) is 3.46. The van der Waals surface area contributed by atoms with Crippen LogP contribution in [0.3, 0.4) is 0 Å². The van der Waals surface area contributed by atoms with Gasteiger partial charge in [-0.3, -0.25) is 4.79 Å². The van der Waals surface area contributed by atoms with Crippen LogP contribution in [0.25, 0.3) is 5.57 Å². The van der Waals surface area contributed by atoms with Gasteiger partial charge in [-0.15, -0.1) is 0 Å². The van der Waals surface area contributed by atoms with E-state index in [0.717, 1.165) is 22.5 Å². The third-order valence-corrected chi connectivity index (χ3v) is 3.46. The number of hydrogen-bond acceptors (Lipinski definition) is 3. The minimum atomic E-state index is -0.519. The quantitative estimate of drug-likeness (QED) is 0.757. The van der Waals surface area contributed by atoms with Gasteiger partial charge in [0.05, 0.1) is 11.7 Å². The minimum absolute atomic E-state index is 0.115. The number of aliphatic hydroxyl groups excluding tert-OH is 1. The first kappa shape index (κ1) is 13.4. The Morgan fingerprint density at radius 2 is 2.00 bits per heavy atom. The Bertz CT molecular complexity index is 720. The van der Waals surface area contributed by atoms with Crippen molar-refractivity contribution in [3.8, 4) is 0 Å². The van der Waals surface area contributed by atoms with Crippen molar-refractivity contribution < 1.29 is 9.90 Å². The molecule has 2 aromatic rings. The van der Waals surface area contributed by atoms with Gasteiger partial charge in [-0.1, -0.05) is 30.3 Å². The molecule has 0 radical (unpaired) electrons. The van der Waals surface area contributed by atoms with E-state index in [0.29, 0.717) is 5.57 Å². The Hall–Kier alpha value is -2.59. The van der Waals surface area contributed by atoms with Gasteiger partial charge in [-0.2, -0.15) is 0 Å². The molecular weight excluding hydrogens is 264 g/mol. The summed E-state index contributed by atoms with van der Waals surface area (Å²) >= 11 is 0. The van der Waals surface area contributed by atoms with Gasteiger partial charge in [0, 0.05) is 23.1 Å². The van der Waals surface area contributed by atoms with Gasteiger partial charge in [0.25, 0.3) is 5.91 Å². The minimum Gasteiger partial charge on any atom is -0.389 e. The van der Waals surface area contributed by atoms with Gasteiger partial charge in [0.15, 0.2) is 0 Å². The average Bonchev–Trinajstić information content (AvgIpc) is 2.81. The lowest BCUT2D eigenvalue weighted by molar-refractivity contribution is -0.110. The van der Waals surface area contributed by atoms with Gasteiger partial charge in [0.1, 0.15) is 0 Å². The fourth-order valence-corrected chi connectivity index (χ4v) is 2.33. The van der Waals surface area contributed by atoms with E-state index in [9.17, 15) is 9.90 Å². The molecule has 0 bridgehead atoms. The number of rotatable bonds is 3. The molecule has 1 unspecified atom stereocenters. The molecule has 0 aromatic heterocycles. The van der Waals surface area contributed by atoms with Crippen LogP contribution in [-0.4, -0.2) is 11.0 Å². The maximum absolute atomic E-state index is 12.0. The van der Waals surface area contributed by atoms with Crippen LogP contribution in [-0.2, 0) is 4.79 Å². The first-order valence-corrected chi connectivity index (χ1v) is 6.80. The van der Waals surface area contributed by atoms with E-state index in [1.165, 1.54) is 0 Å². The van der Waals surface area contributed by atoms with Crippen LogP contribution in [0.4, 0.5) is 11.4 Å². The van der Waals surface area contributed by atoms with E-state index in [1.54, 1.807) is 13.1 Å². The number of fused-ring (bicyclic) bond motifs is 1. The maximum atomic E-state index is 12.0. The number of benzene rings is 2. The first-order valence-electron chi connectivity index (χ1n) is 6.80. The second-order valence-corrected chi connectivity index (χ2v) is 5.00. The molecule has 0 saturated carbocycles. The standard InChI is InChI=1S/C17H16N2O2/c1-11(20)12-5-4-6-13(9-12)18-10-15-14-7-2-3-8-16(14)19-17(15)21/h2-11,18,20H,1H3,(H,19,21). The molecule has 0 aliphatic carbocycles. The predicted molar refractivity (Wildman–Crippen MR) is 83.7 cm³/mol. The number of anilines is 2. The van der Waals surface area contributed by atoms with E-state index in [4.69, 9.17) is 0 Å². The van der Waals surface area contributed by atoms with Gasteiger partial charge in [-0.05, 0) is 30.7 Å². The second-order valence-electron chi connectivity index (χ2n) is 5.00. The average molecular weight is 280 g/mol. The maximum Gasteiger partial charge on any atom is 0.257 e. The van der Waals surface area contributed by atoms with Crippen LogP contribution in [0.15, 0.2) is 54.7 Å². The number of aliphatic hydroxyl groups is 1. The molecule has 21 heavy (non-hydrogen) atoms. The lowest BCUT2D eigenvalue weighted by Gasteiger charge is -2.07. The zero-order valence-electron chi connectivity index (χ0n) is 11.6. The highest BCUT2D eigenvalue weighted by atomic mass is 16.3. The Labute approximate surface area is 123 Å². The molecule has 0 fully saturated rings. The monoisotopic (exact) mass is 280 g/mol. The first-order chi connectivity index (χ1) is 10.1. The lowest BCUT2D eigenvalue weighted by Crippen LogP contribution is -2.05. The van der Waals surface area contributed by atoms with Crippen molar-refractivity contribution in [2.45, 2.75) is 13.0 Å². The number of para-hydroxylation sites is 1. The zero-order valence-corrected chi connectivity index (χ0v) is 11.6. The fourth-order valence-electron chi connectivity index (χ4n) is 2.33. The number of amides is 1. The Balaban J connectivity index is 1.87. The summed E-state index contributed by atoms with van der Waals surface area (Å²) in [4.78, 5) is 12.0. The lowest BCUT2D eigenvalue weighted by atomic mass is 10.1.